The highest BCUT2D eigenvalue weighted by Crippen LogP contribution is 2.37. The van der Waals surface area contributed by atoms with Crippen LogP contribution in [0.3, 0.4) is 0 Å². The highest BCUT2D eigenvalue weighted by Gasteiger charge is 2.42. The second kappa shape index (κ2) is 6.52. The van der Waals surface area contributed by atoms with Gasteiger partial charge in [0.2, 0.25) is 0 Å². The molecule has 1 aliphatic carbocycles. The van der Waals surface area contributed by atoms with E-state index in [0.29, 0.717) is 4.47 Å². The van der Waals surface area contributed by atoms with Crippen LogP contribution in [0.2, 0.25) is 0 Å². The SMILES string of the molecule is CN(C)C1(C(Cc2ccc(F)c(Br)c2)NN)CCCC1. The Hall–Kier alpha value is -0.490. The molecule has 112 valence electrons. The molecule has 0 amide bonds. The van der Waals surface area contributed by atoms with Gasteiger partial charge in [-0.05, 0) is 67.0 Å². The molecule has 1 saturated carbocycles. The Morgan fingerprint density at radius 1 is 1.40 bits per heavy atom. The van der Waals surface area contributed by atoms with Gasteiger partial charge in [-0.15, -0.1) is 0 Å². The lowest BCUT2D eigenvalue weighted by Crippen LogP contribution is -2.60. The van der Waals surface area contributed by atoms with E-state index < -0.39 is 0 Å². The smallest absolute Gasteiger partial charge is 0.137 e. The first-order valence-electron chi connectivity index (χ1n) is 7.07. The van der Waals surface area contributed by atoms with Gasteiger partial charge < -0.3 is 4.90 Å². The van der Waals surface area contributed by atoms with Gasteiger partial charge in [0.1, 0.15) is 5.82 Å². The standard InChI is InChI=1S/C15H23BrFN3/c1-20(2)15(7-3-4-8-15)14(19-18)10-11-5-6-13(17)12(16)9-11/h5-6,9,14,19H,3-4,7-8,10,18H2,1-2H3. The van der Waals surface area contributed by atoms with Crippen LogP contribution in [0, 0.1) is 5.82 Å². The van der Waals surface area contributed by atoms with Crippen LogP contribution in [0.25, 0.3) is 0 Å². The van der Waals surface area contributed by atoms with Crippen LogP contribution in [-0.2, 0) is 6.42 Å². The Morgan fingerprint density at radius 3 is 2.55 bits per heavy atom. The molecule has 1 unspecified atom stereocenters. The Morgan fingerprint density at radius 2 is 2.05 bits per heavy atom. The van der Waals surface area contributed by atoms with E-state index in [2.05, 4.69) is 40.4 Å². The van der Waals surface area contributed by atoms with Crippen LogP contribution in [0.15, 0.2) is 22.7 Å². The van der Waals surface area contributed by atoms with Crippen molar-refractivity contribution >= 4 is 15.9 Å². The molecule has 0 heterocycles. The van der Waals surface area contributed by atoms with Gasteiger partial charge in [0.05, 0.1) is 4.47 Å². The average molecular weight is 344 g/mol. The number of rotatable bonds is 5. The molecule has 0 aliphatic heterocycles. The van der Waals surface area contributed by atoms with E-state index in [1.165, 1.54) is 18.9 Å². The maximum absolute atomic E-state index is 13.3. The number of likely N-dealkylation sites (N-methyl/N-ethyl adjacent to an activating group) is 1. The Kier molecular flexibility index (Phi) is 5.18. The second-order valence-corrected chi connectivity index (χ2v) is 6.73. The molecule has 0 aromatic heterocycles. The van der Waals surface area contributed by atoms with E-state index in [4.69, 9.17) is 5.84 Å². The van der Waals surface area contributed by atoms with Crippen LogP contribution >= 0.6 is 15.9 Å². The summed E-state index contributed by atoms with van der Waals surface area (Å²) in [6, 6.07) is 5.35. The summed E-state index contributed by atoms with van der Waals surface area (Å²) in [7, 11) is 4.24. The fourth-order valence-corrected chi connectivity index (χ4v) is 3.83. The Labute approximate surface area is 128 Å². The molecule has 0 bridgehead atoms. The summed E-state index contributed by atoms with van der Waals surface area (Å²) in [5.41, 5.74) is 4.18. The predicted molar refractivity (Wildman–Crippen MR) is 83.8 cm³/mol. The summed E-state index contributed by atoms with van der Waals surface area (Å²) in [6.07, 6.45) is 5.58. The summed E-state index contributed by atoms with van der Waals surface area (Å²) in [4.78, 5) is 2.29. The lowest BCUT2D eigenvalue weighted by atomic mass is 9.83. The molecule has 5 heteroatoms. The van der Waals surface area contributed by atoms with Crippen molar-refractivity contribution in [1.29, 1.82) is 0 Å². The third kappa shape index (κ3) is 3.06. The van der Waals surface area contributed by atoms with Crippen LogP contribution in [0.1, 0.15) is 31.2 Å². The molecule has 1 fully saturated rings. The quantitative estimate of drug-likeness (QED) is 0.638. The topological polar surface area (TPSA) is 41.3 Å². The van der Waals surface area contributed by atoms with Gasteiger partial charge in [-0.2, -0.15) is 0 Å². The minimum Gasteiger partial charge on any atom is -0.302 e. The van der Waals surface area contributed by atoms with E-state index in [0.717, 1.165) is 24.8 Å². The van der Waals surface area contributed by atoms with Crippen LogP contribution in [0.5, 0.6) is 0 Å². The molecule has 20 heavy (non-hydrogen) atoms. The molecule has 0 spiro atoms. The van der Waals surface area contributed by atoms with E-state index in [9.17, 15) is 4.39 Å². The fraction of sp³-hybridized carbons (Fsp3) is 0.600. The zero-order valence-corrected chi connectivity index (χ0v) is 13.7. The van der Waals surface area contributed by atoms with Crippen molar-refractivity contribution in [3.05, 3.63) is 34.1 Å². The van der Waals surface area contributed by atoms with Crippen molar-refractivity contribution in [1.82, 2.24) is 10.3 Å². The van der Waals surface area contributed by atoms with E-state index in [-0.39, 0.29) is 17.4 Å². The molecule has 1 aromatic carbocycles. The van der Waals surface area contributed by atoms with Crippen molar-refractivity contribution in [2.24, 2.45) is 5.84 Å². The zero-order valence-electron chi connectivity index (χ0n) is 12.1. The Balaban J connectivity index is 2.21. The Bertz CT molecular complexity index is 458. The number of halogens is 2. The lowest BCUT2D eigenvalue weighted by Gasteiger charge is -2.43. The van der Waals surface area contributed by atoms with Crippen molar-refractivity contribution in [2.45, 2.75) is 43.7 Å². The monoisotopic (exact) mass is 343 g/mol. The van der Waals surface area contributed by atoms with Crippen molar-refractivity contribution in [2.75, 3.05) is 14.1 Å². The highest BCUT2D eigenvalue weighted by molar-refractivity contribution is 9.10. The first-order chi connectivity index (χ1) is 9.49. The van der Waals surface area contributed by atoms with Gasteiger partial charge >= 0.3 is 0 Å². The third-order valence-corrected chi connectivity index (χ3v) is 5.24. The number of nitrogens with two attached hydrogens (primary N) is 1. The van der Waals surface area contributed by atoms with Crippen LogP contribution in [0.4, 0.5) is 4.39 Å². The largest absolute Gasteiger partial charge is 0.302 e. The molecule has 0 radical (unpaired) electrons. The number of nitrogens with zero attached hydrogens (tertiary/aromatic N) is 1. The van der Waals surface area contributed by atoms with Gasteiger partial charge in [-0.1, -0.05) is 18.9 Å². The van der Waals surface area contributed by atoms with Crippen molar-refractivity contribution in [3.8, 4) is 0 Å². The highest BCUT2D eigenvalue weighted by atomic mass is 79.9. The van der Waals surface area contributed by atoms with Crippen LogP contribution < -0.4 is 11.3 Å². The maximum atomic E-state index is 13.3. The average Bonchev–Trinajstić information content (AvgIpc) is 2.90. The molecule has 1 aromatic rings. The van der Waals surface area contributed by atoms with Crippen molar-refractivity contribution in [3.63, 3.8) is 0 Å². The number of hydrazine groups is 1. The first kappa shape index (κ1) is 15.9. The first-order valence-corrected chi connectivity index (χ1v) is 7.86. The number of hydrogen-bond donors (Lipinski definition) is 2. The number of nitrogens with one attached hydrogen (secondary N) is 1. The molecule has 3 N–H and O–H groups in total. The minimum atomic E-state index is -0.228. The van der Waals surface area contributed by atoms with E-state index >= 15 is 0 Å². The zero-order chi connectivity index (χ0) is 14.8. The molecule has 1 aliphatic rings. The maximum Gasteiger partial charge on any atom is 0.137 e. The van der Waals surface area contributed by atoms with E-state index in [1.54, 1.807) is 0 Å². The summed E-state index contributed by atoms with van der Waals surface area (Å²) in [6.45, 7) is 0. The van der Waals surface area contributed by atoms with Gasteiger partial charge in [-0.25, -0.2) is 4.39 Å². The number of benzene rings is 1. The third-order valence-electron chi connectivity index (χ3n) is 4.63. The summed E-state index contributed by atoms with van der Waals surface area (Å²) >= 11 is 3.25. The van der Waals surface area contributed by atoms with Gasteiger partial charge in [0.15, 0.2) is 0 Å². The van der Waals surface area contributed by atoms with Gasteiger partial charge in [0.25, 0.3) is 0 Å². The van der Waals surface area contributed by atoms with E-state index in [1.807, 2.05) is 12.1 Å². The molecule has 3 nitrogen and oxygen atoms in total. The molecule has 1 atom stereocenters. The molecule has 2 rings (SSSR count). The van der Waals surface area contributed by atoms with Crippen molar-refractivity contribution < 1.29 is 4.39 Å². The molecule has 0 saturated heterocycles. The van der Waals surface area contributed by atoms with Crippen LogP contribution in [-0.4, -0.2) is 30.6 Å². The number of hydrogen-bond acceptors (Lipinski definition) is 3. The summed E-state index contributed by atoms with van der Waals surface area (Å²) in [5, 5.41) is 0. The van der Waals surface area contributed by atoms with Gasteiger partial charge in [0, 0.05) is 11.6 Å². The minimum absolute atomic E-state index is 0.0929. The van der Waals surface area contributed by atoms with Gasteiger partial charge in [-0.3, -0.25) is 11.3 Å². The summed E-state index contributed by atoms with van der Waals surface area (Å²) in [5.74, 6) is 5.60. The molecular weight excluding hydrogens is 321 g/mol. The second-order valence-electron chi connectivity index (χ2n) is 5.88. The normalized spacial score (nSPS) is 19.5. The summed E-state index contributed by atoms with van der Waals surface area (Å²) < 4.78 is 13.8. The lowest BCUT2D eigenvalue weighted by molar-refractivity contribution is 0.104. The predicted octanol–water partition coefficient (Wildman–Crippen LogP) is 2.84. The molecular formula is C15H23BrFN3. The fourth-order valence-electron chi connectivity index (χ4n) is 3.40.